The average molecular weight is 339 g/mol. The van der Waals surface area contributed by atoms with Crippen LogP contribution in [0, 0.1) is 18.3 Å². The molecular formula is C18H21N5O2. The molecule has 0 bridgehead atoms. The minimum atomic E-state index is 0.0212. The van der Waals surface area contributed by atoms with Gasteiger partial charge in [0.1, 0.15) is 5.75 Å². The standard InChI is InChI=1S/C18H21N5O2/c1-13-9-15(10-19)5-6-16(13)25-18-12-20-11-17(21-18)23(4)8-7-22(3)14(2)24/h5-6,9,11-12H,7-8H2,1-4H3. The van der Waals surface area contributed by atoms with Gasteiger partial charge < -0.3 is 14.5 Å². The summed E-state index contributed by atoms with van der Waals surface area (Å²) in [5.41, 5.74) is 1.43. The van der Waals surface area contributed by atoms with E-state index in [1.807, 2.05) is 18.9 Å². The fourth-order valence-corrected chi connectivity index (χ4v) is 2.09. The van der Waals surface area contributed by atoms with Crippen LogP contribution in [0.4, 0.5) is 5.82 Å². The summed E-state index contributed by atoms with van der Waals surface area (Å²) in [6.07, 6.45) is 3.18. The molecule has 1 amide bonds. The Hall–Kier alpha value is -3.14. The predicted molar refractivity (Wildman–Crippen MR) is 94.6 cm³/mol. The van der Waals surface area contributed by atoms with E-state index in [2.05, 4.69) is 16.0 Å². The van der Waals surface area contributed by atoms with Crippen LogP contribution in [0.1, 0.15) is 18.1 Å². The van der Waals surface area contributed by atoms with Gasteiger partial charge in [-0.15, -0.1) is 0 Å². The molecule has 2 aromatic rings. The molecule has 0 fully saturated rings. The van der Waals surface area contributed by atoms with Gasteiger partial charge in [0.2, 0.25) is 11.8 Å². The fraction of sp³-hybridized carbons (Fsp3) is 0.333. The largest absolute Gasteiger partial charge is 0.437 e. The summed E-state index contributed by atoms with van der Waals surface area (Å²) in [4.78, 5) is 23.4. The van der Waals surface area contributed by atoms with E-state index in [0.717, 1.165) is 5.56 Å². The number of carbonyl (C=O) groups is 1. The maximum absolute atomic E-state index is 11.3. The summed E-state index contributed by atoms with van der Waals surface area (Å²) < 4.78 is 5.79. The number of hydrogen-bond donors (Lipinski definition) is 0. The van der Waals surface area contributed by atoms with Crippen LogP contribution in [0.3, 0.4) is 0 Å². The molecule has 0 aliphatic rings. The summed E-state index contributed by atoms with van der Waals surface area (Å²) in [7, 11) is 3.64. The number of nitrogens with zero attached hydrogens (tertiary/aromatic N) is 5. The van der Waals surface area contributed by atoms with Gasteiger partial charge in [-0.1, -0.05) is 0 Å². The third-order valence-corrected chi connectivity index (χ3v) is 3.82. The highest BCUT2D eigenvalue weighted by molar-refractivity contribution is 5.72. The van der Waals surface area contributed by atoms with Crippen molar-refractivity contribution in [1.29, 1.82) is 5.26 Å². The third-order valence-electron chi connectivity index (χ3n) is 3.82. The molecule has 2 rings (SSSR count). The van der Waals surface area contributed by atoms with Crippen molar-refractivity contribution in [2.75, 3.05) is 32.1 Å². The molecule has 0 saturated heterocycles. The van der Waals surface area contributed by atoms with Crippen molar-refractivity contribution in [2.24, 2.45) is 0 Å². The van der Waals surface area contributed by atoms with Gasteiger partial charge in [0.05, 0.1) is 24.0 Å². The first-order chi connectivity index (χ1) is 11.9. The van der Waals surface area contributed by atoms with E-state index in [4.69, 9.17) is 10.00 Å². The highest BCUT2D eigenvalue weighted by Gasteiger charge is 2.09. The van der Waals surface area contributed by atoms with Gasteiger partial charge in [-0.25, -0.2) is 0 Å². The molecular weight excluding hydrogens is 318 g/mol. The summed E-state index contributed by atoms with van der Waals surface area (Å²) in [6.45, 7) is 4.63. The van der Waals surface area contributed by atoms with E-state index in [0.29, 0.717) is 36.1 Å². The van der Waals surface area contributed by atoms with Gasteiger partial charge in [0.25, 0.3) is 0 Å². The molecule has 1 heterocycles. The minimum absolute atomic E-state index is 0.0212. The number of benzene rings is 1. The first-order valence-corrected chi connectivity index (χ1v) is 7.84. The summed E-state index contributed by atoms with van der Waals surface area (Å²) in [5.74, 6) is 1.68. The van der Waals surface area contributed by atoms with Crippen molar-refractivity contribution in [3.8, 4) is 17.7 Å². The summed E-state index contributed by atoms with van der Waals surface area (Å²) in [6, 6.07) is 7.30. The lowest BCUT2D eigenvalue weighted by Gasteiger charge is -2.22. The number of carbonyl (C=O) groups excluding carboxylic acids is 1. The number of ether oxygens (including phenoxy) is 1. The van der Waals surface area contributed by atoms with Gasteiger partial charge in [0.15, 0.2) is 5.82 Å². The monoisotopic (exact) mass is 339 g/mol. The molecule has 1 aromatic heterocycles. The van der Waals surface area contributed by atoms with E-state index >= 15 is 0 Å². The molecule has 25 heavy (non-hydrogen) atoms. The summed E-state index contributed by atoms with van der Waals surface area (Å²) >= 11 is 0. The minimum Gasteiger partial charge on any atom is -0.437 e. The average Bonchev–Trinajstić information content (AvgIpc) is 2.61. The smallest absolute Gasteiger partial charge is 0.239 e. The molecule has 0 aliphatic carbocycles. The van der Waals surface area contributed by atoms with Crippen LogP contribution in [-0.2, 0) is 4.79 Å². The van der Waals surface area contributed by atoms with E-state index in [1.165, 1.54) is 13.1 Å². The van der Waals surface area contributed by atoms with E-state index in [1.54, 1.807) is 36.3 Å². The Bertz CT molecular complexity index is 800. The van der Waals surface area contributed by atoms with Gasteiger partial charge in [-0.05, 0) is 30.7 Å². The number of amides is 1. The SMILES string of the molecule is CC(=O)N(C)CCN(C)c1cncc(Oc2ccc(C#N)cc2C)n1. The van der Waals surface area contributed by atoms with Gasteiger partial charge in [0, 0.05) is 34.1 Å². The maximum atomic E-state index is 11.3. The number of hydrogen-bond acceptors (Lipinski definition) is 6. The van der Waals surface area contributed by atoms with Crippen molar-refractivity contribution in [2.45, 2.75) is 13.8 Å². The normalized spacial score (nSPS) is 10.0. The topological polar surface area (TPSA) is 82.4 Å². The fourth-order valence-electron chi connectivity index (χ4n) is 2.09. The Morgan fingerprint density at radius 2 is 2.04 bits per heavy atom. The third kappa shape index (κ3) is 4.91. The van der Waals surface area contributed by atoms with Crippen molar-refractivity contribution < 1.29 is 9.53 Å². The number of likely N-dealkylation sites (N-methyl/N-ethyl adjacent to an activating group) is 2. The second-order valence-electron chi connectivity index (χ2n) is 5.77. The molecule has 1 aromatic carbocycles. The van der Waals surface area contributed by atoms with Crippen molar-refractivity contribution in [1.82, 2.24) is 14.9 Å². The first kappa shape index (κ1) is 18.2. The van der Waals surface area contributed by atoms with Crippen LogP contribution < -0.4 is 9.64 Å². The maximum Gasteiger partial charge on any atom is 0.239 e. The molecule has 0 radical (unpaired) electrons. The Morgan fingerprint density at radius 1 is 1.28 bits per heavy atom. The van der Waals surface area contributed by atoms with Crippen LogP contribution in [0.25, 0.3) is 0 Å². The highest BCUT2D eigenvalue weighted by atomic mass is 16.5. The Kier molecular flexibility index (Phi) is 5.90. The number of aromatic nitrogens is 2. The molecule has 0 atom stereocenters. The summed E-state index contributed by atoms with van der Waals surface area (Å²) in [5, 5.41) is 8.92. The van der Waals surface area contributed by atoms with Gasteiger partial charge >= 0.3 is 0 Å². The van der Waals surface area contributed by atoms with E-state index < -0.39 is 0 Å². The quantitative estimate of drug-likeness (QED) is 0.803. The van der Waals surface area contributed by atoms with Crippen molar-refractivity contribution in [3.63, 3.8) is 0 Å². The lowest BCUT2D eigenvalue weighted by molar-refractivity contribution is -0.127. The van der Waals surface area contributed by atoms with Crippen LogP contribution in [0.2, 0.25) is 0 Å². The molecule has 7 nitrogen and oxygen atoms in total. The zero-order valence-electron chi connectivity index (χ0n) is 14.9. The lowest BCUT2D eigenvalue weighted by atomic mass is 10.1. The number of rotatable bonds is 6. The van der Waals surface area contributed by atoms with Crippen molar-refractivity contribution in [3.05, 3.63) is 41.7 Å². The molecule has 0 N–H and O–H groups in total. The van der Waals surface area contributed by atoms with Crippen LogP contribution in [0.15, 0.2) is 30.6 Å². The molecule has 7 heteroatoms. The zero-order chi connectivity index (χ0) is 18.4. The Balaban J connectivity index is 2.08. The predicted octanol–water partition coefficient (Wildman–Crippen LogP) is 2.36. The Morgan fingerprint density at radius 3 is 2.68 bits per heavy atom. The molecule has 0 spiro atoms. The zero-order valence-corrected chi connectivity index (χ0v) is 14.9. The van der Waals surface area contributed by atoms with Crippen LogP contribution in [0.5, 0.6) is 11.6 Å². The van der Waals surface area contributed by atoms with Crippen molar-refractivity contribution >= 4 is 11.7 Å². The van der Waals surface area contributed by atoms with E-state index in [-0.39, 0.29) is 5.91 Å². The second kappa shape index (κ2) is 8.11. The van der Waals surface area contributed by atoms with Gasteiger partial charge in [-0.2, -0.15) is 10.2 Å². The lowest BCUT2D eigenvalue weighted by Crippen LogP contribution is -2.33. The number of aryl methyl sites for hydroxylation is 1. The molecule has 0 aliphatic heterocycles. The second-order valence-corrected chi connectivity index (χ2v) is 5.77. The molecule has 0 saturated carbocycles. The van der Waals surface area contributed by atoms with Crippen LogP contribution >= 0.6 is 0 Å². The molecule has 130 valence electrons. The molecule has 0 unspecified atom stereocenters. The first-order valence-electron chi connectivity index (χ1n) is 7.84. The van der Waals surface area contributed by atoms with E-state index in [9.17, 15) is 4.79 Å². The van der Waals surface area contributed by atoms with Gasteiger partial charge in [-0.3, -0.25) is 9.78 Å². The Labute approximate surface area is 147 Å². The highest BCUT2D eigenvalue weighted by Crippen LogP contribution is 2.25. The number of anilines is 1. The van der Waals surface area contributed by atoms with Crippen LogP contribution in [-0.4, -0.2) is 48.0 Å². The number of nitriles is 1.